The van der Waals surface area contributed by atoms with Crippen LogP contribution in [-0.4, -0.2) is 5.78 Å². The van der Waals surface area contributed by atoms with Gasteiger partial charge in [-0.05, 0) is 24.1 Å². The minimum Gasteiger partial charge on any atom is -0.294 e. The van der Waals surface area contributed by atoms with E-state index in [1.807, 2.05) is 19.1 Å². The lowest BCUT2D eigenvalue weighted by atomic mass is 9.97. The van der Waals surface area contributed by atoms with Crippen molar-refractivity contribution in [3.63, 3.8) is 0 Å². The molecule has 98 valence electrons. The zero-order chi connectivity index (χ0) is 13.8. The van der Waals surface area contributed by atoms with E-state index in [4.69, 9.17) is 0 Å². The predicted octanol–water partition coefficient (Wildman–Crippen LogP) is 3.95. The van der Waals surface area contributed by atoms with Crippen molar-refractivity contribution in [2.24, 2.45) is 0 Å². The Kier molecular flexibility index (Phi) is 4.05. The van der Waals surface area contributed by atoms with E-state index in [1.165, 1.54) is 6.07 Å². The summed E-state index contributed by atoms with van der Waals surface area (Å²) in [5, 5.41) is 0. The Bertz CT molecular complexity index is 585. The second-order valence-electron chi connectivity index (χ2n) is 4.31. The van der Waals surface area contributed by atoms with E-state index < -0.39 is 11.6 Å². The third kappa shape index (κ3) is 2.87. The van der Waals surface area contributed by atoms with Gasteiger partial charge in [-0.2, -0.15) is 0 Å². The average Bonchev–Trinajstić information content (AvgIpc) is 2.42. The molecule has 19 heavy (non-hydrogen) atoms. The quantitative estimate of drug-likeness (QED) is 0.761. The van der Waals surface area contributed by atoms with Crippen LogP contribution in [0.25, 0.3) is 0 Å². The number of hydrogen-bond donors (Lipinski definition) is 0. The highest BCUT2D eigenvalue weighted by Gasteiger charge is 2.16. The summed E-state index contributed by atoms with van der Waals surface area (Å²) in [4.78, 5) is 12.2. The number of hydrogen-bond acceptors (Lipinski definition) is 1. The molecule has 0 radical (unpaired) electrons. The molecule has 0 atom stereocenters. The van der Waals surface area contributed by atoms with Gasteiger partial charge >= 0.3 is 0 Å². The second kappa shape index (κ2) is 5.74. The van der Waals surface area contributed by atoms with Gasteiger partial charge in [-0.15, -0.1) is 0 Å². The molecule has 0 aromatic heterocycles. The third-order valence-electron chi connectivity index (χ3n) is 3.10. The number of rotatable bonds is 4. The summed E-state index contributed by atoms with van der Waals surface area (Å²) < 4.78 is 27.0. The first-order valence-corrected chi connectivity index (χ1v) is 6.17. The summed E-state index contributed by atoms with van der Waals surface area (Å²) in [6.45, 7) is 1.94. The molecular weight excluding hydrogens is 246 g/mol. The van der Waals surface area contributed by atoms with Crippen molar-refractivity contribution in [2.75, 3.05) is 0 Å². The normalized spacial score (nSPS) is 10.5. The molecular formula is C16H14F2O. The summed E-state index contributed by atoms with van der Waals surface area (Å²) in [7, 11) is 0. The van der Waals surface area contributed by atoms with Gasteiger partial charge in [-0.1, -0.05) is 37.3 Å². The Balaban J connectivity index is 2.31. The van der Waals surface area contributed by atoms with Crippen molar-refractivity contribution in [2.45, 2.75) is 19.8 Å². The first-order valence-electron chi connectivity index (χ1n) is 6.17. The first-order chi connectivity index (χ1) is 9.13. The minimum atomic E-state index is -0.678. The number of ketones is 1. The summed E-state index contributed by atoms with van der Waals surface area (Å²) >= 11 is 0. The molecule has 0 N–H and O–H groups in total. The fourth-order valence-corrected chi connectivity index (χ4v) is 2.06. The zero-order valence-corrected chi connectivity index (χ0v) is 10.6. The first kappa shape index (κ1) is 13.4. The molecule has 3 heteroatoms. The van der Waals surface area contributed by atoms with E-state index in [-0.39, 0.29) is 17.8 Å². The van der Waals surface area contributed by atoms with Gasteiger partial charge in [0.2, 0.25) is 0 Å². The highest BCUT2D eigenvalue weighted by Crippen LogP contribution is 2.17. The van der Waals surface area contributed by atoms with E-state index in [9.17, 15) is 13.6 Å². The molecule has 1 nitrogen and oxygen atoms in total. The second-order valence-corrected chi connectivity index (χ2v) is 4.31. The Morgan fingerprint density at radius 2 is 1.63 bits per heavy atom. The molecule has 0 saturated heterocycles. The van der Waals surface area contributed by atoms with Crippen LogP contribution in [0.15, 0.2) is 42.5 Å². The molecule has 0 unspecified atom stereocenters. The molecule has 0 saturated carbocycles. The molecule has 0 aliphatic heterocycles. The van der Waals surface area contributed by atoms with E-state index in [0.29, 0.717) is 12.0 Å². The Labute approximate surface area is 110 Å². The Hall–Kier alpha value is -2.03. The van der Waals surface area contributed by atoms with Crippen molar-refractivity contribution in [1.82, 2.24) is 0 Å². The van der Waals surface area contributed by atoms with Crippen LogP contribution < -0.4 is 0 Å². The Morgan fingerprint density at radius 1 is 1.00 bits per heavy atom. The molecule has 2 aromatic carbocycles. The average molecular weight is 260 g/mol. The fraction of sp³-hybridized carbons (Fsp3) is 0.188. The maximum Gasteiger partial charge on any atom is 0.167 e. The van der Waals surface area contributed by atoms with Crippen LogP contribution in [0.3, 0.4) is 0 Å². The smallest absolute Gasteiger partial charge is 0.167 e. The maximum atomic E-state index is 13.5. The van der Waals surface area contributed by atoms with E-state index >= 15 is 0 Å². The van der Waals surface area contributed by atoms with Crippen LogP contribution >= 0.6 is 0 Å². The number of halogens is 2. The van der Waals surface area contributed by atoms with Gasteiger partial charge in [0, 0.05) is 17.5 Å². The molecule has 0 aliphatic carbocycles. The topological polar surface area (TPSA) is 17.1 Å². The van der Waals surface area contributed by atoms with Gasteiger partial charge in [0.1, 0.15) is 11.6 Å². The van der Waals surface area contributed by atoms with E-state index in [0.717, 1.165) is 17.7 Å². The van der Waals surface area contributed by atoms with E-state index in [2.05, 4.69) is 0 Å². The number of carbonyl (C=O) groups is 1. The standard InChI is InChI=1S/C16H14F2O/c1-2-11-6-3-4-7-12(11)16(19)10-13-14(17)8-5-9-15(13)18/h3-9H,2,10H2,1H3. The van der Waals surface area contributed by atoms with Gasteiger partial charge in [0.15, 0.2) is 5.78 Å². The molecule has 0 aliphatic rings. The number of Topliss-reactive ketones (excluding diaryl/α,β-unsaturated/α-hetero) is 1. The SMILES string of the molecule is CCc1ccccc1C(=O)Cc1c(F)cccc1F. The lowest BCUT2D eigenvalue weighted by Gasteiger charge is -2.08. The van der Waals surface area contributed by atoms with Crippen molar-refractivity contribution in [1.29, 1.82) is 0 Å². The summed E-state index contributed by atoms with van der Waals surface area (Å²) in [6, 6.07) is 10.8. The van der Waals surface area contributed by atoms with Gasteiger partial charge in [-0.25, -0.2) is 8.78 Å². The van der Waals surface area contributed by atoms with Gasteiger partial charge < -0.3 is 0 Å². The van der Waals surface area contributed by atoms with Crippen LogP contribution in [-0.2, 0) is 12.8 Å². The van der Waals surface area contributed by atoms with Gasteiger partial charge in [0.25, 0.3) is 0 Å². The molecule has 0 amide bonds. The summed E-state index contributed by atoms with van der Waals surface area (Å²) in [5.74, 6) is -1.62. The molecule has 0 heterocycles. The number of benzene rings is 2. The largest absolute Gasteiger partial charge is 0.294 e. The zero-order valence-electron chi connectivity index (χ0n) is 10.6. The van der Waals surface area contributed by atoms with Crippen molar-refractivity contribution >= 4 is 5.78 Å². The van der Waals surface area contributed by atoms with Crippen molar-refractivity contribution in [3.05, 3.63) is 70.8 Å². The minimum absolute atomic E-state index is 0.168. The third-order valence-corrected chi connectivity index (χ3v) is 3.10. The van der Waals surface area contributed by atoms with Crippen molar-refractivity contribution in [3.8, 4) is 0 Å². The molecule has 0 fully saturated rings. The van der Waals surface area contributed by atoms with Gasteiger partial charge in [-0.3, -0.25) is 4.79 Å². The van der Waals surface area contributed by atoms with E-state index in [1.54, 1.807) is 12.1 Å². The molecule has 2 aromatic rings. The summed E-state index contributed by atoms with van der Waals surface area (Å²) in [5.41, 5.74) is 1.26. The monoisotopic (exact) mass is 260 g/mol. The highest BCUT2D eigenvalue weighted by molar-refractivity contribution is 5.98. The van der Waals surface area contributed by atoms with Gasteiger partial charge in [0.05, 0.1) is 0 Å². The van der Waals surface area contributed by atoms with Crippen LogP contribution in [0.2, 0.25) is 0 Å². The lowest BCUT2D eigenvalue weighted by Crippen LogP contribution is -2.09. The molecule has 0 bridgehead atoms. The molecule has 2 rings (SSSR count). The predicted molar refractivity (Wildman–Crippen MR) is 70.2 cm³/mol. The van der Waals surface area contributed by atoms with Crippen LogP contribution in [0.5, 0.6) is 0 Å². The maximum absolute atomic E-state index is 13.5. The number of aryl methyl sites for hydroxylation is 1. The Morgan fingerprint density at radius 3 is 2.26 bits per heavy atom. The number of carbonyl (C=O) groups excluding carboxylic acids is 1. The van der Waals surface area contributed by atoms with Crippen LogP contribution in [0.4, 0.5) is 8.78 Å². The summed E-state index contributed by atoms with van der Waals surface area (Å²) in [6.07, 6.45) is 0.456. The van der Waals surface area contributed by atoms with Crippen LogP contribution in [0, 0.1) is 11.6 Å². The lowest BCUT2D eigenvalue weighted by molar-refractivity contribution is 0.0989. The molecule has 0 spiro atoms. The highest BCUT2D eigenvalue weighted by atomic mass is 19.1. The fourth-order valence-electron chi connectivity index (χ4n) is 2.06. The van der Waals surface area contributed by atoms with Crippen LogP contribution in [0.1, 0.15) is 28.4 Å². The van der Waals surface area contributed by atoms with Crippen molar-refractivity contribution < 1.29 is 13.6 Å².